The van der Waals surface area contributed by atoms with Crippen molar-refractivity contribution in [3.63, 3.8) is 0 Å². The van der Waals surface area contributed by atoms with Crippen LogP contribution >= 0.6 is 11.8 Å². The lowest BCUT2D eigenvalue weighted by Crippen LogP contribution is -2.25. The summed E-state index contributed by atoms with van der Waals surface area (Å²) in [5, 5.41) is 2.65. The van der Waals surface area contributed by atoms with Crippen molar-refractivity contribution in [2.24, 2.45) is 5.73 Å². The first-order valence-corrected chi connectivity index (χ1v) is 5.49. The van der Waals surface area contributed by atoms with Gasteiger partial charge in [0, 0.05) is 0 Å². The second-order valence-corrected chi connectivity index (χ2v) is 3.80. The fourth-order valence-corrected chi connectivity index (χ4v) is 1.48. The Labute approximate surface area is 91.4 Å². The van der Waals surface area contributed by atoms with Crippen LogP contribution < -0.4 is 11.1 Å². The quantitative estimate of drug-likeness (QED) is 0.724. The molecule has 82 valence electrons. The lowest BCUT2D eigenvalue weighted by molar-refractivity contribution is -0.118. The van der Waals surface area contributed by atoms with E-state index in [1.54, 1.807) is 18.4 Å². The van der Waals surface area contributed by atoms with E-state index >= 15 is 0 Å². The average Bonchev–Trinajstić information content (AvgIpc) is 2.66. The molecule has 0 unspecified atom stereocenters. The Balaban J connectivity index is 2.11. The highest BCUT2D eigenvalue weighted by Gasteiger charge is 2.03. The molecule has 0 saturated carbocycles. The van der Waals surface area contributed by atoms with Crippen LogP contribution in [0.5, 0.6) is 0 Å². The lowest BCUT2D eigenvalue weighted by atomic mass is 10.4. The van der Waals surface area contributed by atoms with Gasteiger partial charge >= 0.3 is 0 Å². The Bertz CT molecular complexity index is 324. The van der Waals surface area contributed by atoms with E-state index < -0.39 is 5.91 Å². The van der Waals surface area contributed by atoms with Gasteiger partial charge in [-0.05, 0) is 12.1 Å². The predicted molar refractivity (Wildman–Crippen MR) is 57.1 cm³/mol. The van der Waals surface area contributed by atoms with E-state index in [0.29, 0.717) is 12.3 Å². The maximum atomic E-state index is 11.2. The van der Waals surface area contributed by atoms with Crippen molar-refractivity contribution < 1.29 is 14.0 Å². The van der Waals surface area contributed by atoms with Gasteiger partial charge in [0.2, 0.25) is 11.8 Å². The van der Waals surface area contributed by atoms with E-state index in [-0.39, 0.29) is 17.4 Å². The van der Waals surface area contributed by atoms with Crippen molar-refractivity contribution in [1.29, 1.82) is 0 Å². The third kappa shape index (κ3) is 5.11. The van der Waals surface area contributed by atoms with Crippen molar-refractivity contribution in [3.8, 4) is 0 Å². The van der Waals surface area contributed by atoms with Gasteiger partial charge in [-0.1, -0.05) is 0 Å². The van der Waals surface area contributed by atoms with Gasteiger partial charge in [-0.3, -0.25) is 9.59 Å². The van der Waals surface area contributed by atoms with Crippen LogP contribution in [0.2, 0.25) is 0 Å². The van der Waals surface area contributed by atoms with Gasteiger partial charge in [0.15, 0.2) is 0 Å². The van der Waals surface area contributed by atoms with Crippen LogP contribution in [0.4, 0.5) is 0 Å². The summed E-state index contributed by atoms with van der Waals surface area (Å²) in [6.45, 7) is 0.364. The van der Waals surface area contributed by atoms with Gasteiger partial charge in [-0.15, -0.1) is 11.8 Å². The van der Waals surface area contributed by atoms with E-state index in [4.69, 9.17) is 10.2 Å². The first-order chi connectivity index (χ1) is 7.18. The molecule has 0 aromatic carbocycles. The van der Waals surface area contributed by atoms with Gasteiger partial charge < -0.3 is 15.5 Å². The Morgan fingerprint density at radius 2 is 2.27 bits per heavy atom. The molecule has 2 amide bonds. The molecule has 0 aliphatic rings. The molecule has 1 aromatic rings. The third-order valence-electron chi connectivity index (χ3n) is 1.52. The zero-order valence-electron chi connectivity index (χ0n) is 8.06. The van der Waals surface area contributed by atoms with Crippen LogP contribution in [0, 0.1) is 0 Å². The number of primary amides is 1. The number of carbonyl (C=O) groups is 2. The molecule has 0 radical (unpaired) electrons. The standard InChI is InChI=1S/C9H12N2O3S/c10-8(12)5-15-6-9(13)11-4-7-2-1-3-14-7/h1-3H,4-6H2,(H2,10,12)(H,11,13). The number of rotatable bonds is 6. The van der Waals surface area contributed by atoms with Crippen LogP contribution in [0.1, 0.15) is 5.76 Å². The van der Waals surface area contributed by atoms with E-state index in [1.807, 2.05) is 0 Å². The largest absolute Gasteiger partial charge is 0.467 e. The molecule has 0 fully saturated rings. The maximum absolute atomic E-state index is 11.2. The number of furan rings is 1. The summed E-state index contributed by atoms with van der Waals surface area (Å²) in [5.74, 6) is 0.525. The van der Waals surface area contributed by atoms with Crippen LogP contribution in [-0.2, 0) is 16.1 Å². The summed E-state index contributed by atoms with van der Waals surface area (Å²) < 4.78 is 5.03. The molecule has 0 spiro atoms. The van der Waals surface area contributed by atoms with Crippen LogP contribution in [0.3, 0.4) is 0 Å². The van der Waals surface area contributed by atoms with Crippen LogP contribution in [-0.4, -0.2) is 23.3 Å². The minimum atomic E-state index is -0.418. The van der Waals surface area contributed by atoms with E-state index in [0.717, 1.165) is 0 Å². The van der Waals surface area contributed by atoms with Gasteiger partial charge in [-0.2, -0.15) is 0 Å². The highest BCUT2D eigenvalue weighted by Crippen LogP contribution is 2.00. The summed E-state index contributed by atoms with van der Waals surface area (Å²) >= 11 is 1.19. The minimum Gasteiger partial charge on any atom is -0.467 e. The molecule has 0 saturated heterocycles. The second-order valence-electron chi connectivity index (χ2n) is 2.82. The molecule has 0 bridgehead atoms. The van der Waals surface area contributed by atoms with Crippen molar-refractivity contribution in [3.05, 3.63) is 24.2 Å². The molecule has 0 aliphatic carbocycles. The fraction of sp³-hybridized carbons (Fsp3) is 0.333. The van der Waals surface area contributed by atoms with Crippen molar-refractivity contribution in [1.82, 2.24) is 5.32 Å². The number of nitrogens with one attached hydrogen (secondary N) is 1. The Kier molecular flexibility index (Phi) is 4.76. The van der Waals surface area contributed by atoms with Crippen LogP contribution in [0.15, 0.2) is 22.8 Å². The predicted octanol–water partition coefficient (Wildman–Crippen LogP) is 0.114. The van der Waals surface area contributed by atoms with E-state index in [1.165, 1.54) is 11.8 Å². The molecule has 0 atom stereocenters. The number of amides is 2. The number of thioether (sulfide) groups is 1. The van der Waals surface area contributed by atoms with E-state index in [9.17, 15) is 9.59 Å². The topological polar surface area (TPSA) is 85.3 Å². The summed E-state index contributed by atoms with van der Waals surface area (Å²) in [6.07, 6.45) is 1.54. The van der Waals surface area contributed by atoms with E-state index in [2.05, 4.69) is 5.32 Å². The number of hydrogen-bond donors (Lipinski definition) is 2. The number of nitrogens with two attached hydrogens (primary N) is 1. The molecular weight excluding hydrogens is 216 g/mol. The zero-order valence-corrected chi connectivity index (χ0v) is 8.88. The highest BCUT2D eigenvalue weighted by atomic mass is 32.2. The highest BCUT2D eigenvalue weighted by molar-refractivity contribution is 8.00. The third-order valence-corrected chi connectivity index (χ3v) is 2.47. The van der Waals surface area contributed by atoms with Gasteiger partial charge in [0.1, 0.15) is 5.76 Å². The van der Waals surface area contributed by atoms with Crippen LogP contribution in [0.25, 0.3) is 0 Å². The van der Waals surface area contributed by atoms with Gasteiger partial charge in [0.25, 0.3) is 0 Å². The van der Waals surface area contributed by atoms with Crippen molar-refractivity contribution in [2.45, 2.75) is 6.54 Å². The van der Waals surface area contributed by atoms with Gasteiger partial charge in [0.05, 0.1) is 24.3 Å². The number of hydrogen-bond acceptors (Lipinski definition) is 4. The Morgan fingerprint density at radius 1 is 1.47 bits per heavy atom. The lowest BCUT2D eigenvalue weighted by Gasteiger charge is -2.01. The summed E-state index contributed by atoms with van der Waals surface area (Å²) in [7, 11) is 0. The monoisotopic (exact) mass is 228 g/mol. The van der Waals surface area contributed by atoms with Crippen molar-refractivity contribution >= 4 is 23.6 Å². The minimum absolute atomic E-state index is 0.141. The molecule has 5 nitrogen and oxygen atoms in total. The molecule has 1 rings (SSSR count). The Hall–Kier alpha value is -1.43. The number of carbonyl (C=O) groups excluding carboxylic acids is 2. The fourth-order valence-electron chi connectivity index (χ4n) is 0.894. The molecule has 3 N–H and O–H groups in total. The van der Waals surface area contributed by atoms with Crippen molar-refractivity contribution in [2.75, 3.05) is 11.5 Å². The molecule has 0 aliphatic heterocycles. The summed E-state index contributed by atoms with van der Waals surface area (Å²) in [5.41, 5.74) is 4.92. The first-order valence-electron chi connectivity index (χ1n) is 4.33. The zero-order chi connectivity index (χ0) is 11.1. The summed E-state index contributed by atoms with van der Waals surface area (Å²) in [6, 6.07) is 3.53. The smallest absolute Gasteiger partial charge is 0.230 e. The molecule has 1 heterocycles. The molecule has 15 heavy (non-hydrogen) atoms. The first kappa shape index (κ1) is 11.6. The molecule has 1 aromatic heterocycles. The SMILES string of the molecule is NC(=O)CSCC(=O)NCc1ccco1. The second kappa shape index (κ2) is 6.13. The normalized spacial score (nSPS) is 9.87. The Morgan fingerprint density at radius 3 is 2.87 bits per heavy atom. The maximum Gasteiger partial charge on any atom is 0.230 e. The van der Waals surface area contributed by atoms with Gasteiger partial charge in [-0.25, -0.2) is 0 Å². The average molecular weight is 228 g/mol. The molecule has 6 heteroatoms. The molecular formula is C9H12N2O3S. The summed E-state index contributed by atoms with van der Waals surface area (Å²) in [4.78, 5) is 21.6.